The average Bonchev–Trinajstić information content (AvgIpc) is 3.76. The van der Waals surface area contributed by atoms with Crippen molar-refractivity contribution in [3.8, 4) is 17.0 Å². The topological polar surface area (TPSA) is 98.2 Å². The van der Waals surface area contributed by atoms with Gasteiger partial charge in [-0.25, -0.2) is 13.2 Å². The number of aromatic nitrogens is 2. The minimum Gasteiger partial charge on any atom is -0.494 e. The Morgan fingerprint density at radius 2 is 1.67 bits per heavy atom. The number of hydrogen-bond acceptors (Lipinski definition) is 4. The molecule has 1 aliphatic rings. The van der Waals surface area contributed by atoms with Crippen LogP contribution in [0.15, 0.2) is 65.5 Å². The van der Waals surface area contributed by atoms with E-state index in [0.717, 1.165) is 31.4 Å². The van der Waals surface area contributed by atoms with Crippen molar-refractivity contribution in [2.45, 2.75) is 52.0 Å². The Kier molecular flexibility index (Phi) is 8.20. The molecule has 1 saturated carbocycles. The fraction of sp³-hybridized carbons (Fsp3) is 0.303. The van der Waals surface area contributed by atoms with Crippen molar-refractivity contribution in [1.82, 2.24) is 9.55 Å². The molecule has 0 aliphatic heterocycles. The number of hydrogen-bond donors (Lipinski definition) is 2. The number of aromatic hydroxyl groups is 1. The Balaban J connectivity index is 1.55. The van der Waals surface area contributed by atoms with Gasteiger partial charge in [-0.2, -0.15) is 4.98 Å². The zero-order valence-electron chi connectivity index (χ0n) is 23.4. The number of halogens is 3. The minimum absolute atomic E-state index is 0.0370. The molecule has 1 atom stereocenters. The van der Waals surface area contributed by atoms with Crippen LogP contribution in [0.3, 0.4) is 0 Å². The summed E-state index contributed by atoms with van der Waals surface area (Å²) >= 11 is 0. The molecule has 9 heteroatoms. The first kappa shape index (κ1) is 29.1. The van der Waals surface area contributed by atoms with E-state index in [1.165, 1.54) is 24.3 Å². The van der Waals surface area contributed by atoms with E-state index < -0.39 is 35.0 Å². The van der Waals surface area contributed by atoms with Gasteiger partial charge in [0.25, 0.3) is 5.56 Å². The minimum atomic E-state index is -0.759. The van der Waals surface area contributed by atoms with Crippen molar-refractivity contribution in [3.63, 3.8) is 0 Å². The number of carbonyl (C=O) groups is 1. The zero-order valence-corrected chi connectivity index (χ0v) is 23.4. The van der Waals surface area contributed by atoms with Crippen molar-refractivity contribution in [2.24, 2.45) is 17.6 Å². The summed E-state index contributed by atoms with van der Waals surface area (Å²) in [6.45, 7) is 3.76. The summed E-state index contributed by atoms with van der Waals surface area (Å²) in [6.07, 6.45) is 3.49. The number of carbonyl (C=O) groups excluding carboxylic acids is 1. The van der Waals surface area contributed by atoms with Gasteiger partial charge < -0.3 is 10.8 Å². The molecule has 1 fully saturated rings. The number of rotatable bonds is 10. The lowest BCUT2D eigenvalue weighted by molar-refractivity contribution is 0.100. The van der Waals surface area contributed by atoms with E-state index in [1.54, 1.807) is 28.8 Å². The van der Waals surface area contributed by atoms with Crippen LogP contribution in [0, 0.1) is 29.3 Å². The van der Waals surface area contributed by atoms with Gasteiger partial charge in [-0.15, -0.1) is 0 Å². The average molecular weight is 576 g/mol. The molecule has 5 rings (SSSR count). The Morgan fingerprint density at radius 3 is 2.26 bits per heavy atom. The van der Waals surface area contributed by atoms with E-state index in [4.69, 9.17) is 5.73 Å². The highest BCUT2D eigenvalue weighted by Gasteiger charge is 2.29. The smallest absolute Gasteiger partial charge is 0.280 e. The van der Waals surface area contributed by atoms with Gasteiger partial charge in [0.1, 0.15) is 23.3 Å². The summed E-state index contributed by atoms with van der Waals surface area (Å²) in [5.74, 6) is -2.38. The van der Waals surface area contributed by atoms with Crippen LogP contribution in [0.1, 0.15) is 72.0 Å². The molecule has 42 heavy (non-hydrogen) atoms. The van der Waals surface area contributed by atoms with E-state index in [2.05, 4.69) is 4.98 Å². The van der Waals surface area contributed by atoms with Crippen LogP contribution in [0.25, 0.3) is 11.1 Å². The van der Waals surface area contributed by atoms with Gasteiger partial charge in [0.15, 0.2) is 0 Å². The highest BCUT2D eigenvalue weighted by molar-refractivity contribution is 5.99. The lowest BCUT2D eigenvalue weighted by Gasteiger charge is -2.29. The third kappa shape index (κ3) is 6.25. The summed E-state index contributed by atoms with van der Waals surface area (Å²) < 4.78 is 43.8. The molecule has 1 aliphatic carbocycles. The molecule has 3 aromatic carbocycles. The molecule has 0 spiro atoms. The molecule has 0 radical (unpaired) electrons. The predicted molar refractivity (Wildman–Crippen MR) is 154 cm³/mol. The maximum atomic E-state index is 14.3. The third-order valence-corrected chi connectivity index (χ3v) is 7.77. The van der Waals surface area contributed by atoms with Crippen LogP contribution in [0.2, 0.25) is 0 Å². The number of amides is 1. The van der Waals surface area contributed by atoms with Gasteiger partial charge in [-0.1, -0.05) is 57.0 Å². The predicted octanol–water partition coefficient (Wildman–Crippen LogP) is 6.31. The lowest BCUT2D eigenvalue weighted by atomic mass is 9.94. The maximum Gasteiger partial charge on any atom is 0.280 e. The van der Waals surface area contributed by atoms with Crippen LogP contribution in [-0.4, -0.2) is 20.6 Å². The molecule has 4 aromatic rings. The highest BCUT2D eigenvalue weighted by Crippen LogP contribution is 2.37. The second-order valence-electron chi connectivity index (χ2n) is 11.3. The van der Waals surface area contributed by atoms with E-state index in [-0.39, 0.29) is 29.3 Å². The second kappa shape index (κ2) is 11.8. The molecule has 0 bridgehead atoms. The first-order valence-corrected chi connectivity index (χ1v) is 14.0. The Labute approximate surface area is 241 Å². The highest BCUT2D eigenvalue weighted by atomic mass is 19.1. The van der Waals surface area contributed by atoms with Crippen LogP contribution in [0.4, 0.5) is 13.2 Å². The number of nitrogens with two attached hydrogens (primary N) is 1. The monoisotopic (exact) mass is 575 g/mol. The van der Waals surface area contributed by atoms with Gasteiger partial charge in [0, 0.05) is 24.5 Å². The second-order valence-corrected chi connectivity index (χ2v) is 11.3. The normalized spacial score (nSPS) is 13.9. The SMILES string of the molecule is CC(C)[C@@H](c1cc(F)cc(F)c1)n1c(CCC2CC2)nc(=O)c(Cc2ccc(-c3ccc(F)cc3C(N)=O)cc2)c1O. The van der Waals surface area contributed by atoms with Crippen molar-refractivity contribution < 1.29 is 23.1 Å². The number of benzene rings is 3. The Bertz CT molecular complexity index is 1680. The summed E-state index contributed by atoms with van der Waals surface area (Å²) in [7, 11) is 0. The summed E-state index contributed by atoms with van der Waals surface area (Å²) in [5.41, 5.74) is 7.06. The lowest BCUT2D eigenvalue weighted by Crippen LogP contribution is -2.28. The number of nitrogens with zero attached hydrogens (tertiary/aromatic N) is 2. The molecule has 0 saturated heterocycles. The molecular formula is C33H32F3N3O3. The third-order valence-electron chi connectivity index (χ3n) is 7.77. The van der Waals surface area contributed by atoms with Crippen molar-refractivity contribution in [2.75, 3.05) is 0 Å². The number of primary amides is 1. The van der Waals surface area contributed by atoms with Crippen molar-refractivity contribution >= 4 is 5.91 Å². The molecular weight excluding hydrogens is 543 g/mol. The van der Waals surface area contributed by atoms with Crippen molar-refractivity contribution in [3.05, 3.63) is 117 Å². The largest absolute Gasteiger partial charge is 0.494 e. The van der Waals surface area contributed by atoms with E-state index in [9.17, 15) is 27.9 Å². The molecule has 6 nitrogen and oxygen atoms in total. The van der Waals surface area contributed by atoms with Gasteiger partial charge in [-0.05, 0) is 64.8 Å². The summed E-state index contributed by atoms with van der Waals surface area (Å²) in [6, 6.07) is 13.3. The van der Waals surface area contributed by atoms with E-state index >= 15 is 0 Å². The fourth-order valence-corrected chi connectivity index (χ4v) is 5.52. The standard InChI is InChI=1S/C33H32F3N3O3/c1-18(2)30(22-14-24(35)16-25(36)15-22)39-29(12-7-19-3-4-19)38-32(41)28(33(39)42)13-20-5-8-21(9-6-20)26-11-10-23(34)17-27(26)31(37)40/h5-6,8-11,14-19,30,42H,3-4,7,12-13H2,1-2H3,(H2,37,40)/t30-/m0/s1. The van der Waals surface area contributed by atoms with Crippen LogP contribution < -0.4 is 11.3 Å². The van der Waals surface area contributed by atoms with Crippen LogP contribution in [-0.2, 0) is 12.8 Å². The first-order chi connectivity index (χ1) is 20.0. The van der Waals surface area contributed by atoms with E-state index in [1.807, 2.05) is 13.8 Å². The molecule has 1 aromatic heterocycles. The van der Waals surface area contributed by atoms with E-state index in [0.29, 0.717) is 40.4 Å². The molecule has 1 heterocycles. The quantitative estimate of drug-likeness (QED) is 0.232. The first-order valence-electron chi connectivity index (χ1n) is 14.0. The molecule has 3 N–H and O–H groups in total. The fourth-order valence-electron chi connectivity index (χ4n) is 5.52. The number of aryl methyl sites for hydroxylation is 1. The van der Waals surface area contributed by atoms with Gasteiger partial charge in [0.05, 0.1) is 11.6 Å². The Morgan fingerprint density at radius 1 is 1.00 bits per heavy atom. The van der Waals surface area contributed by atoms with Crippen molar-refractivity contribution in [1.29, 1.82) is 0 Å². The Hall–Kier alpha value is -4.40. The molecule has 218 valence electrons. The summed E-state index contributed by atoms with van der Waals surface area (Å²) in [5, 5.41) is 11.6. The van der Waals surface area contributed by atoms with Crippen LogP contribution in [0.5, 0.6) is 5.88 Å². The van der Waals surface area contributed by atoms with Gasteiger partial charge >= 0.3 is 0 Å². The van der Waals surface area contributed by atoms with Crippen LogP contribution >= 0.6 is 0 Å². The molecule has 0 unspecified atom stereocenters. The van der Waals surface area contributed by atoms with Gasteiger partial charge in [0.2, 0.25) is 11.8 Å². The maximum absolute atomic E-state index is 14.3. The summed E-state index contributed by atoms with van der Waals surface area (Å²) in [4.78, 5) is 29.5. The molecule has 1 amide bonds. The van der Waals surface area contributed by atoms with Gasteiger partial charge in [-0.3, -0.25) is 14.2 Å². The zero-order chi connectivity index (χ0) is 30.1.